The molecule has 0 saturated carbocycles. The number of hydrogen-bond donors (Lipinski definition) is 1. The minimum absolute atomic E-state index is 0.102. The van der Waals surface area contributed by atoms with Crippen LogP contribution in [-0.4, -0.2) is 49.1 Å². The van der Waals surface area contributed by atoms with Gasteiger partial charge in [0.1, 0.15) is 0 Å². The van der Waals surface area contributed by atoms with E-state index in [1.165, 1.54) is 0 Å². The number of carbonyl (C=O) groups is 1. The van der Waals surface area contributed by atoms with Crippen molar-refractivity contribution in [3.05, 3.63) is 16.8 Å². The third-order valence-corrected chi connectivity index (χ3v) is 3.02. The van der Waals surface area contributed by atoms with Gasteiger partial charge in [-0.05, 0) is 29.0 Å². The summed E-state index contributed by atoms with van der Waals surface area (Å²) >= 11 is 3.19. The first-order chi connectivity index (χ1) is 7.65. The molecule has 6 heteroatoms. The maximum absolute atomic E-state index is 11.8. The Hall–Kier alpha value is -1.01. The molecule has 1 fully saturated rings. The van der Waals surface area contributed by atoms with Crippen molar-refractivity contribution >= 4 is 27.8 Å². The van der Waals surface area contributed by atoms with Crippen LogP contribution in [0.1, 0.15) is 0 Å². The molecular formula is C10H14BrN3O2. The Balaban J connectivity index is 1.88. The Bertz CT molecular complexity index is 372. The number of nitrogens with one attached hydrogen (secondary N) is 1. The van der Waals surface area contributed by atoms with E-state index in [9.17, 15) is 4.79 Å². The molecule has 2 rings (SSSR count). The van der Waals surface area contributed by atoms with Gasteiger partial charge in [0.25, 0.3) is 0 Å². The van der Waals surface area contributed by atoms with Crippen molar-refractivity contribution in [1.29, 1.82) is 0 Å². The lowest BCUT2D eigenvalue weighted by atomic mass is 10.3. The summed E-state index contributed by atoms with van der Waals surface area (Å²) in [7, 11) is 2.05. The number of amides is 2. The molecule has 0 aromatic carbocycles. The SMILES string of the molecule is CN1CCN(C(=O)Nc2ccc(Br)o2)CC1. The number of furan rings is 1. The van der Waals surface area contributed by atoms with Crippen molar-refractivity contribution in [2.45, 2.75) is 0 Å². The minimum Gasteiger partial charge on any atom is -0.434 e. The van der Waals surface area contributed by atoms with E-state index >= 15 is 0 Å². The highest BCUT2D eigenvalue weighted by Crippen LogP contribution is 2.18. The van der Waals surface area contributed by atoms with Crippen LogP contribution in [0.15, 0.2) is 21.2 Å². The molecule has 1 saturated heterocycles. The van der Waals surface area contributed by atoms with E-state index < -0.39 is 0 Å². The van der Waals surface area contributed by atoms with Gasteiger partial charge in [0, 0.05) is 32.2 Å². The average Bonchev–Trinajstić information content (AvgIpc) is 2.65. The van der Waals surface area contributed by atoms with Crippen molar-refractivity contribution in [1.82, 2.24) is 9.80 Å². The first-order valence-corrected chi connectivity index (χ1v) is 5.94. The summed E-state index contributed by atoms with van der Waals surface area (Å²) < 4.78 is 5.83. The van der Waals surface area contributed by atoms with Crippen molar-refractivity contribution in [2.75, 3.05) is 38.5 Å². The second kappa shape index (κ2) is 4.88. The predicted molar refractivity (Wildman–Crippen MR) is 64.5 cm³/mol. The zero-order valence-corrected chi connectivity index (χ0v) is 10.7. The predicted octanol–water partition coefficient (Wildman–Crippen LogP) is 1.82. The van der Waals surface area contributed by atoms with Crippen LogP contribution in [0.2, 0.25) is 0 Å². The number of carbonyl (C=O) groups excluding carboxylic acids is 1. The van der Waals surface area contributed by atoms with E-state index in [2.05, 4.69) is 33.2 Å². The molecule has 1 aliphatic rings. The highest BCUT2D eigenvalue weighted by Gasteiger charge is 2.19. The Labute approximate surface area is 103 Å². The fraction of sp³-hybridized carbons (Fsp3) is 0.500. The molecule has 0 atom stereocenters. The smallest absolute Gasteiger partial charge is 0.324 e. The number of anilines is 1. The maximum Gasteiger partial charge on any atom is 0.324 e. The molecule has 2 heterocycles. The number of urea groups is 1. The molecule has 1 aliphatic heterocycles. The maximum atomic E-state index is 11.8. The summed E-state index contributed by atoms with van der Waals surface area (Å²) in [6, 6.07) is 3.37. The first-order valence-electron chi connectivity index (χ1n) is 5.15. The summed E-state index contributed by atoms with van der Waals surface area (Å²) in [6.45, 7) is 3.33. The third-order valence-electron chi connectivity index (χ3n) is 2.59. The quantitative estimate of drug-likeness (QED) is 0.857. The van der Waals surface area contributed by atoms with Crippen molar-refractivity contribution in [3.63, 3.8) is 0 Å². The van der Waals surface area contributed by atoms with Crippen molar-refractivity contribution in [2.24, 2.45) is 0 Å². The van der Waals surface area contributed by atoms with Crippen LogP contribution in [-0.2, 0) is 0 Å². The summed E-state index contributed by atoms with van der Waals surface area (Å²) in [5.41, 5.74) is 0. The van der Waals surface area contributed by atoms with E-state index in [1.54, 1.807) is 17.0 Å². The second-order valence-corrected chi connectivity index (χ2v) is 4.61. The minimum atomic E-state index is -0.102. The monoisotopic (exact) mass is 287 g/mol. The molecular weight excluding hydrogens is 274 g/mol. The van der Waals surface area contributed by atoms with Crippen LogP contribution in [0.5, 0.6) is 0 Å². The molecule has 0 aliphatic carbocycles. The summed E-state index contributed by atoms with van der Waals surface area (Å²) in [4.78, 5) is 15.8. The molecule has 1 N–H and O–H groups in total. The third kappa shape index (κ3) is 2.76. The highest BCUT2D eigenvalue weighted by molar-refractivity contribution is 9.10. The Morgan fingerprint density at radius 2 is 2.06 bits per heavy atom. The van der Waals surface area contributed by atoms with Gasteiger partial charge in [0.15, 0.2) is 4.67 Å². The fourth-order valence-corrected chi connectivity index (χ4v) is 1.88. The molecule has 1 aromatic heterocycles. The lowest BCUT2D eigenvalue weighted by molar-refractivity contribution is 0.164. The number of piperazine rings is 1. The molecule has 0 bridgehead atoms. The van der Waals surface area contributed by atoms with Crippen molar-refractivity contribution in [3.8, 4) is 0 Å². The molecule has 16 heavy (non-hydrogen) atoms. The Kier molecular flexibility index (Phi) is 3.50. The van der Waals surface area contributed by atoms with Gasteiger partial charge in [-0.1, -0.05) is 0 Å². The number of rotatable bonds is 1. The van der Waals surface area contributed by atoms with Crippen LogP contribution < -0.4 is 5.32 Å². The van der Waals surface area contributed by atoms with Gasteiger partial charge in [-0.3, -0.25) is 5.32 Å². The molecule has 88 valence electrons. The Morgan fingerprint density at radius 1 is 1.38 bits per heavy atom. The van der Waals surface area contributed by atoms with E-state index in [4.69, 9.17) is 4.42 Å². The van der Waals surface area contributed by atoms with Crippen molar-refractivity contribution < 1.29 is 9.21 Å². The van der Waals surface area contributed by atoms with E-state index in [0.717, 1.165) is 26.2 Å². The highest BCUT2D eigenvalue weighted by atomic mass is 79.9. The molecule has 0 unspecified atom stereocenters. The summed E-state index contributed by atoms with van der Waals surface area (Å²) in [5.74, 6) is 0.468. The second-order valence-electron chi connectivity index (χ2n) is 3.82. The zero-order valence-electron chi connectivity index (χ0n) is 9.07. The standard InChI is InChI=1S/C10H14BrN3O2/c1-13-4-6-14(7-5-13)10(15)12-9-3-2-8(11)16-9/h2-3H,4-7H2,1H3,(H,12,15). The normalized spacial score (nSPS) is 17.5. The van der Waals surface area contributed by atoms with Gasteiger partial charge in [-0.25, -0.2) is 4.79 Å². The first kappa shape index (κ1) is 11.5. The lowest BCUT2D eigenvalue weighted by Gasteiger charge is -2.32. The number of halogens is 1. The fourth-order valence-electron chi connectivity index (χ4n) is 1.58. The van der Waals surface area contributed by atoms with Gasteiger partial charge in [0.2, 0.25) is 5.88 Å². The molecule has 0 radical (unpaired) electrons. The van der Waals surface area contributed by atoms with E-state index in [0.29, 0.717) is 10.6 Å². The number of likely N-dealkylation sites (N-methyl/N-ethyl adjacent to an activating group) is 1. The summed E-state index contributed by atoms with van der Waals surface area (Å²) in [5, 5.41) is 2.72. The van der Waals surface area contributed by atoms with Crippen LogP contribution in [0.3, 0.4) is 0 Å². The topological polar surface area (TPSA) is 48.7 Å². The number of nitrogens with zero attached hydrogens (tertiary/aromatic N) is 2. The van der Waals surface area contributed by atoms with Crippen LogP contribution in [0.4, 0.5) is 10.7 Å². The van der Waals surface area contributed by atoms with Gasteiger partial charge >= 0.3 is 6.03 Å². The van der Waals surface area contributed by atoms with Crippen LogP contribution >= 0.6 is 15.9 Å². The molecule has 5 nitrogen and oxygen atoms in total. The zero-order chi connectivity index (χ0) is 11.5. The van der Waals surface area contributed by atoms with Gasteiger partial charge in [0.05, 0.1) is 0 Å². The van der Waals surface area contributed by atoms with Gasteiger partial charge < -0.3 is 14.2 Å². The lowest BCUT2D eigenvalue weighted by Crippen LogP contribution is -2.48. The molecule has 0 spiro atoms. The molecule has 2 amide bonds. The van der Waals surface area contributed by atoms with Gasteiger partial charge in [-0.2, -0.15) is 0 Å². The molecule has 1 aromatic rings. The van der Waals surface area contributed by atoms with Gasteiger partial charge in [-0.15, -0.1) is 0 Å². The van der Waals surface area contributed by atoms with E-state index in [1.807, 2.05) is 0 Å². The average molecular weight is 288 g/mol. The summed E-state index contributed by atoms with van der Waals surface area (Å²) in [6.07, 6.45) is 0. The van der Waals surface area contributed by atoms with E-state index in [-0.39, 0.29) is 6.03 Å². The van der Waals surface area contributed by atoms with Crippen LogP contribution in [0.25, 0.3) is 0 Å². The number of hydrogen-bond acceptors (Lipinski definition) is 3. The van der Waals surface area contributed by atoms with Crippen LogP contribution in [0, 0.1) is 0 Å². The Morgan fingerprint density at radius 3 is 2.62 bits per heavy atom. The largest absolute Gasteiger partial charge is 0.434 e.